The van der Waals surface area contributed by atoms with Crippen molar-refractivity contribution >= 4 is 0 Å². The van der Waals surface area contributed by atoms with E-state index in [0.717, 1.165) is 32.6 Å². The third-order valence-electron chi connectivity index (χ3n) is 3.85. The summed E-state index contributed by atoms with van der Waals surface area (Å²) in [4.78, 5) is 0. The summed E-state index contributed by atoms with van der Waals surface area (Å²) in [6.45, 7) is 6.75. The third-order valence-corrected chi connectivity index (χ3v) is 3.85. The summed E-state index contributed by atoms with van der Waals surface area (Å²) < 4.78 is 5.58. The van der Waals surface area contributed by atoms with E-state index in [1.807, 2.05) is 0 Å². The summed E-state index contributed by atoms with van der Waals surface area (Å²) in [5, 5.41) is 0. The van der Waals surface area contributed by atoms with Crippen molar-refractivity contribution in [2.45, 2.75) is 32.1 Å². The van der Waals surface area contributed by atoms with Gasteiger partial charge in [-0.2, -0.15) is 0 Å². The number of nitrogens with two attached hydrogens (primary N) is 1. The molecule has 1 aromatic carbocycles. The van der Waals surface area contributed by atoms with Crippen LogP contribution in [0.3, 0.4) is 0 Å². The van der Waals surface area contributed by atoms with E-state index < -0.39 is 0 Å². The van der Waals surface area contributed by atoms with Gasteiger partial charge in [0.1, 0.15) is 0 Å². The summed E-state index contributed by atoms with van der Waals surface area (Å²) >= 11 is 0. The molecule has 2 N–H and O–H groups in total. The molecule has 0 radical (unpaired) electrons. The molecule has 88 valence electrons. The maximum atomic E-state index is 5.74. The molecule has 2 rings (SSSR count). The summed E-state index contributed by atoms with van der Waals surface area (Å²) in [6, 6.07) is 6.76. The van der Waals surface area contributed by atoms with Crippen molar-refractivity contribution in [3.63, 3.8) is 0 Å². The van der Waals surface area contributed by atoms with Crippen LogP contribution in [0, 0.1) is 13.8 Å². The SMILES string of the molecule is Cc1ccc(C2(CCN)CCOC2)cc1C. The highest BCUT2D eigenvalue weighted by molar-refractivity contribution is 5.35. The standard InChI is InChI=1S/C14H21NO/c1-11-3-4-13(9-12(11)2)14(5-7-15)6-8-16-10-14/h3-4,9H,5-8,10,15H2,1-2H3. The maximum Gasteiger partial charge on any atom is 0.0564 e. The number of benzene rings is 1. The molecule has 1 unspecified atom stereocenters. The van der Waals surface area contributed by atoms with Gasteiger partial charge in [0.15, 0.2) is 0 Å². The molecular weight excluding hydrogens is 198 g/mol. The van der Waals surface area contributed by atoms with Gasteiger partial charge in [-0.3, -0.25) is 0 Å². The molecule has 0 saturated carbocycles. The fourth-order valence-corrected chi connectivity index (χ4v) is 2.52. The molecular formula is C14H21NO. The lowest BCUT2D eigenvalue weighted by atomic mass is 9.76. The highest BCUT2D eigenvalue weighted by Crippen LogP contribution is 2.36. The number of rotatable bonds is 3. The van der Waals surface area contributed by atoms with Gasteiger partial charge in [-0.1, -0.05) is 18.2 Å². The van der Waals surface area contributed by atoms with Gasteiger partial charge in [0.2, 0.25) is 0 Å². The monoisotopic (exact) mass is 219 g/mol. The largest absolute Gasteiger partial charge is 0.380 e. The van der Waals surface area contributed by atoms with Crippen LogP contribution < -0.4 is 5.73 Å². The quantitative estimate of drug-likeness (QED) is 0.846. The Morgan fingerprint density at radius 1 is 1.31 bits per heavy atom. The van der Waals surface area contributed by atoms with Gasteiger partial charge in [-0.25, -0.2) is 0 Å². The van der Waals surface area contributed by atoms with Crippen LogP contribution >= 0.6 is 0 Å². The molecule has 0 aromatic heterocycles. The van der Waals surface area contributed by atoms with Gasteiger partial charge in [0.25, 0.3) is 0 Å². The number of hydrogen-bond acceptors (Lipinski definition) is 2. The van der Waals surface area contributed by atoms with E-state index in [1.165, 1.54) is 16.7 Å². The van der Waals surface area contributed by atoms with Crippen LogP contribution in [-0.2, 0) is 10.2 Å². The Labute approximate surface area is 97.8 Å². The van der Waals surface area contributed by atoms with Crippen molar-refractivity contribution in [1.29, 1.82) is 0 Å². The normalized spacial score (nSPS) is 24.9. The molecule has 0 spiro atoms. The zero-order valence-corrected chi connectivity index (χ0v) is 10.3. The maximum absolute atomic E-state index is 5.74. The molecule has 0 aliphatic carbocycles. The van der Waals surface area contributed by atoms with E-state index in [0.29, 0.717) is 0 Å². The van der Waals surface area contributed by atoms with E-state index >= 15 is 0 Å². The molecule has 1 saturated heterocycles. The van der Waals surface area contributed by atoms with E-state index in [1.54, 1.807) is 0 Å². The van der Waals surface area contributed by atoms with Gasteiger partial charge in [-0.05, 0) is 49.9 Å². The van der Waals surface area contributed by atoms with Crippen molar-refractivity contribution in [1.82, 2.24) is 0 Å². The average Bonchev–Trinajstić information content (AvgIpc) is 2.72. The van der Waals surface area contributed by atoms with E-state index in [2.05, 4.69) is 32.0 Å². The predicted molar refractivity (Wildman–Crippen MR) is 66.7 cm³/mol. The Balaban J connectivity index is 2.35. The smallest absolute Gasteiger partial charge is 0.0564 e. The summed E-state index contributed by atoms with van der Waals surface area (Å²) in [6.07, 6.45) is 2.13. The van der Waals surface area contributed by atoms with E-state index in [4.69, 9.17) is 10.5 Å². The highest BCUT2D eigenvalue weighted by Gasteiger charge is 2.35. The first-order chi connectivity index (χ1) is 7.68. The Morgan fingerprint density at radius 2 is 2.12 bits per heavy atom. The van der Waals surface area contributed by atoms with Crippen molar-refractivity contribution < 1.29 is 4.74 Å². The van der Waals surface area contributed by atoms with Gasteiger partial charge >= 0.3 is 0 Å². The third kappa shape index (κ3) is 2.00. The van der Waals surface area contributed by atoms with Gasteiger partial charge < -0.3 is 10.5 Å². The zero-order valence-electron chi connectivity index (χ0n) is 10.3. The molecule has 2 nitrogen and oxygen atoms in total. The van der Waals surface area contributed by atoms with Crippen LogP contribution in [-0.4, -0.2) is 19.8 Å². The Bertz CT molecular complexity index is 367. The molecule has 1 atom stereocenters. The fraction of sp³-hybridized carbons (Fsp3) is 0.571. The van der Waals surface area contributed by atoms with Crippen molar-refractivity contribution in [3.05, 3.63) is 34.9 Å². The molecule has 1 aromatic rings. The molecule has 1 aliphatic heterocycles. The molecule has 16 heavy (non-hydrogen) atoms. The summed E-state index contributed by atoms with van der Waals surface area (Å²) in [7, 11) is 0. The van der Waals surface area contributed by atoms with Crippen LogP contribution in [0.4, 0.5) is 0 Å². The topological polar surface area (TPSA) is 35.2 Å². The van der Waals surface area contributed by atoms with Crippen molar-refractivity contribution in [3.8, 4) is 0 Å². The van der Waals surface area contributed by atoms with Crippen LogP contribution in [0.25, 0.3) is 0 Å². The van der Waals surface area contributed by atoms with Crippen molar-refractivity contribution in [2.75, 3.05) is 19.8 Å². The van der Waals surface area contributed by atoms with Crippen LogP contribution in [0.5, 0.6) is 0 Å². The highest BCUT2D eigenvalue weighted by atomic mass is 16.5. The molecule has 0 amide bonds. The lowest BCUT2D eigenvalue weighted by Crippen LogP contribution is -2.29. The first kappa shape index (κ1) is 11.6. The number of hydrogen-bond donors (Lipinski definition) is 1. The lowest BCUT2D eigenvalue weighted by Gasteiger charge is -2.28. The van der Waals surface area contributed by atoms with E-state index in [9.17, 15) is 0 Å². The summed E-state index contributed by atoms with van der Waals surface area (Å²) in [5.41, 5.74) is 10.0. The Morgan fingerprint density at radius 3 is 2.69 bits per heavy atom. The minimum absolute atomic E-state index is 0.174. The van der Waals surface area contributed by atoms with Crippen LogP contribution in [0.15, 0.2) is 18.2 Å². The molecule has 1 fully saturated rings. The first-order valence-electron chi connectivity index (χ1n) is 6.03. The van der Waals surface area contributed by atoms with E-state index in [-0.39, 0.29) is 5.41 Å². The average molecular weight is 219 g/mol. The fourth-order valence-electron chi connectivity index (χ4n) is 2.52. The second-order valence-electron chi connectivity index (χ2n) is 4.92. The second-order valence-corrected chi connectivity index (χ2v) is 4.92. The van der Waals surface area contributed by atoms with Gasteiger partial charge in [-0.15, -0.1) is 0 Å². The minimum Gasteiger partial charge on any atom is -0.380 e. The van der Waals surface area contributed by atoms with Crippen LogP contribution in [0.2, 0.25) is 0 Å². The molecule has 1 aliphatic rings. The lowest BCUT2D eigenvalue weighted by molar-refractivity contribution is 0.175. The molecule has 2 heteroatoms. The number of ether oxygens (including phenoxy) is 1. The number of aryl methyl sites for hydroxylation is 2. The summed E-state index contributed by atoms with van der Waals surface area (Å²) in [5.74, 6) is 0. The van der Waals surface area contributed by atoms with Crippen molar-refractivity contribution in [2.24, 2.45) is 5.73 Å². The van der Waals surface area contributed by atoms with Gasteiger partial charge in [0, 0.05) is 12.0 Å². The zero-order chi connectivity index (χ0) is 11.6. The Hall–Kier alpha value is -0.860. The molecule has 1 heterocycles. The Kier molecular flexibility index (Phi) is 3.31. The second kappa shape index (κ2) is 4.56. The molecule has 0 bridgehead atoms. The first-order valence-corrected chi connectivity index (χ1v) is 6.03. The predicted octanol–water partition coefficient (Wildman–Crippen LogP) is 2.31. The van der Waals surface area contributed by atoms with Crippen LogP contribution in [0.1, 0.15) is 29.5 Å². The minimum atomic E-state index is 0.174. The van der Waals surface area contributed by atoms with Gasteiger partial charge in [0.05, 0.1) is 6.61 Å².